The summed E-state index contributed by atoms with van der Waals surface area (Å²) in [6.45, 7) is 0. The standard InChI is InChI=1S/C15H11BrFN3/c16-9-7-10-12(18)5-6-14(15(10)19-8-9)20-13-4-2-1-3-11(13)17/h1-8,20H,18H2. The first kappa shape index (κ1) is 12.9. The molecule has 0 aliphatic carbocycles. The maximum Gasteiger partial charge on any atom is 0.146 e. The van der Waals surface area contributed by atoms with Crippen molar-refractivity contribution < 1.29 is 4.39 Å². The molecule has 20 heavy (non-hydrogen) atoms. The summed E-state index contributed by atoms with van der Waals surface area (Å²) in [6.07, 6.45) is 1.69. The molecule has 0 saturated carbocycles. The van der Waals surface area contributed by atoms with Gasteiger partial charge in [-0.05, 0) is 46.3 Å². The molecule has 0 unspecified atom stereocenters. The second-order valence-electron chi connectivity index (χ2n) is 4.36. The first-order chi connectivity index (χ1) is 9.65. The van der Waals surface area contributed by atoms with Crippen LogP contribution in [0, 0.1) is 5.82 Å². The van der Waals surface area contributed by atoms with E-state index in [1.54, 1.807) is 36.5 Å². The minimum Gasteiger partial charge on any atom is -0.398 e. The Hall–Kier alpha value is -2.14. The van der Waals surface area contributed by atoms with Crippen molar-refractivity contribution in [2.45, 2.75) is 0 Å². The lowest BCUT2D eigenvalue weighted by Crippen LogP contribution is -1.97. The minimum absolute atomic E-state index is 0.311. The van der Waals surface area contributed by atoms with Crippen LogP contribution in [0.25, 0.3) is 10.9 Å². The van der Waals surface area contributed by atoms with Crippen LogP contribution in [0.3, 0.4) is 0 Å². The highest BCUT2D eigenvalue weighted by Crippen LogP contribution is 2.31. The summed E-state index contributed by atoms with van der Waals surface area (Å²) in [7, 11) is 0. The summed E-state index contributed by atoms with van der Waals surface area (Å²) in [5, 5.41) is 3.87. The van der Waals surface area contributed by atoms with E-state index >= 15 is 0 Å². The number of nitrogens with zero attached hydrogens (tertiary/aromatic N) is 1. The number of nitrogens with one attached hydrogen (secondary N) is 1. The zero-order valence-corrected chi connectivity index (χ0v) is 12.0. The second kappa shape index (κ2) is 5.09. The number of hydrogen-bond donors (Lipinski definition) is 2. The Bertz CT molecular complexity index is 789. The fourth-order valence-corrected chi connectivity index (χ4v) is 2.36. The molecule has 1 aromatic heterocycles. The van der Waals surface area contributed by atoms with Crippen LogP contribution in [0.2, 0.25) is 0 Å². The average Bonchev–Trinajstić information content (AvgIpc) is 2.44. The third kappa shape index (κ3) is 2.32. The summed E-state index contributed by atoms with van der Waals surface area (Å²) in [5.41, 5.74) is 8.41. The normalized spacial score (nSPS) is 10.7. The Balaban J connectivity index is 2.13. The van der Waals surface area contributed by atoms with E-state index in [4.69, 9.17) is 5.73 Å². The van der Waals surface area contributed by atoms with E-state index in [0.29, 0.717) is 22.6 Å². The maximum absolute atomic E-state index is 13.7. The highest BCUT2D eigenvalue weighted by molar-refractivity contribution is 9.10. The van der Waals surface area contributed by atoms with Crippen molar-refractivity contribution in [1.29, 1.82) is 0 Å². The van der Waals surface area contributed by atoms with E-state index in [9.17, 15) is 4.39 Å². The number of hydrogen-bond acceptors (Lipinski definition) is 3. The minimum atomic E-state index is -0.311. The fourth-order valence-electron chi connectivity index (χ4n) is 2.02. The van der Waals surface area contributed by atoms with Gasteiger partial charge in [-0.1, -0.05) is 12.1 Å². The predicted molar refractivity (Wildman–Crippen MR) is 83.5 cm³/mol. The highest BCUT2D eigenvalue weighted by Gasteiger charge is 2.08. The number of rotatable bonds is 2. The van der Waals surface area contributed by atoms with Crippen LogP contribution in [0.5, 0.6) is 0 Å². The summed E-state index contributed by atoms with van der Waals surface area (Å²) >= 11 is 3.37. The number of halogens is 2. The van der Waals surface area contributed by atoms with E-state index in [1.807, 2.05) is 6.07 Å². The molecule has 3 N–H and O–H groups in total. The molecule has 3 rings (SSSR count). The molecule has 0 amide bonds. The van der Waals surface area contributed by atoms with Gasteiger partial charge < -0.3 is 11.1 Å². The van der Waals surface area contributed by atoms with Gasteiger partial charge in [0.2, 0.25) is 0 Å². The molecule has 1 heterocycles. The number of nitrogen functional groups attached to an aromatic ring is 1. The van der Waals surface area contributed by atoms with Crippen LogP contribution in [0.4, 0.5) is 21.5 Å². The quantitative estimate of drug-likeness (QED) is 0.681. The Morgan fingerprint density at radius 3 is 2.70 bits per heavy atom. The number of fused-ring (bicyclic) bond motifs is 1. The Morgan fingerprint density at radius 2 is 1.90 bits per heavy atom. The molecular formula is C15H11BrFN3. The van der Waals surface area contributed by atoms with Gasteiger partial charge in [0.25, 0.3) is 0 Å². The van der Waals surface area contributed by atoms with Crippen LogP contribution in [-0.2, 0) is 0 Å². The van der Waals surface area contributed by atoms with Crippen LogP contribution in [-0.4, -0.2) is 4.98 Å². The summed E-state index contributed by atoms with van der Waals surface area (Å²) in [4.78, 5) is 4.36. The van der Waals surface area contributed by atoms with Gasteiger partial charge >= 0.3 is 0 Å². The molecule has 0 spiro atoms. The van der Waals surface area contributed by atoms with Gasteiger partial charge in [-0.15, -0.1) is 0 Å². The number of para-hydroxylation sites is 1. The van der Waals surface area contributed by atoms with Gasteiger partial charge in [0, 0.05) is 21.7 Å². The van der Waals surface area contributed by atoms with Crippen LogP contribution in [0.1, 0.15) is 0 Å². The number of nitrogens with two attached hydrogens (primary N) is 1. The molecule has 0 fully saturated rings. The van der Waals surface area contributed by atoms with E-state index in [1.165, 1.54) is 6.07 Å². The first-order valence-electron chi connectivity index (χ1n) is 6.00. The van der Waals surface area contributed by atoms with Crippen LogP contribution >= 0.6 is 15.9 Å². The van der Waals surface area contributed by atoms with Crippen molar-refractivity contribution in [1.82, 2.24) is 4.98 Å². The number of aromatic nitrogens is 1. The molecule has 0 atom stereocenters. The van der Waals surface area contributed by atoms with Crippen LogP contribution in [0.15, 0.2) is 53.1 Å². The number of benzene rings is 2. The van der Waals surface area contributed by atoms with Crippen molar-refractivity contribution in [2.24, 2.45) is 0 Å². The average molecular weight is 332 g/mol. The maximum atomic E-state index is 13.7. The van der Waals surface area contributed by atoms with Gasteiger partial charge in [-0.25, -0.2) is 4.39 Å². The topological polar surface area (TPSA) is 50.9 Å². The van der Waals surface area contributed by atoms with Gasteiger partial charge in [0.05, 0.1) is 16.9 Å². The zero-order chi connectivity index (χ0) is 14.1. The zero-order valence-electron chi connectivity index (χ0n) is 10.4. The van der Waals surface area contributed by atoms with Crippen LogP contribution < -0.4 is 11.1 Å². The lowest BCUT2D eigenvalue weighted by molar-refractivity contribution is 0.632. The Morgan fingerprint density at radius 1 is 1.10 bits per heavy atom. The van der Waals surface area contributed by atoms with Crippen molar-refractivity contribution in [3.05, 3.63) is 59.0 Å². The lowest BCUT2D eigenvalue weighted by atomic mass is 10.1. The second-order valence-corrected chi connectivity index (χ2v) is 5.27. The van der Waals surface area contributed by atoms with E-state index in [0.717, 1.165) is 9.86 Å². The Labute approximate surface area is 123 Å². The molecule has 0 saturated heterocycles. The van der Waals surface area contributed by atoms with Crippen molar-refractivity contribution in [2.75, 3.05) is 11.1 Å². The number of pyridine rings is 1. The molecule has 5 heteroatoms. The molecule has 3 nitrogen and oxygen atoms in total. The van der Waals surface area contributed by atoms with Crippen molar-refractivity contribution >= 4 is 43.9 Å². The van der Waals surface area contributed by atoms with Gasteiger partial charge in [0.15, 0.2) is 0 Å². The Kier molecular flexibility index (Phi) is 3.28. The van der Waals surface area contributed by atoms with E-state index in [-0.39, 0.29) is 5.82 Å². The van der Waals surface area contributed by atoms with E-state index < -0.39 is 0 Å². The molecule has 0 aliphatic rings. The van der Waals surface area contributed by atoms with E-state index in [2.05, 4.69) is 26.2 Å². The smallest absolute Gasteiger partial charge is 0.146 e. The fraction of sp³-hybridized carbons (Fsp3) is 0. The third-order valence-corrected chi connectivity index (χ3v) is 3.43. The largest absolute Gasteiger partial charge is 0.398 e. The monoisotopic (exact) mass is 331 g/mol. The van der Waals surface area contributed by atoms with Crippen molar-refractivity contribution in [3.8, 4) is 0 Å². The molecular weight excluding hydrogens is 321 g/mol. The third-order valence-electron chi connectivity index (χ3n) is 2.99. The molecule has 0 aliphatic heterocycles. The van der Waals surface area contributed by atoms with Gasteiger partial charge in [-0.3, -0.25) is 4.98 Å². The number of anilines is 3. The summed E-state index contributed by atoms with van der Waals surface area (Å²) in [6, 6.07) is 12.0. The van der Waals surface area contributed by atoms with Gasteiger partial charge in [0.1, 0.15) is 5.82 Å². The molecule has 2 aromatic carbocycles. The SMILES string of the molecule is Nc1ccc(Nc2ccccc2F)c2ncc(Br)cc12. The molecule has 0 bridgehead atoms. The molecule has 100 valence electrons. The predicted octanol–water partition coefficient (Wildman–Crippen LogP) is 4.46. The summed E-state index contributed by atoms with van der Waals surface area (Å²) in [5.74, 6) is -0.311. The molecule has 0 radical (unpaired) electrons. The summed E-state index contributed by atoms with van der Waals surface area (Å²) < 4.78 is 14.6. The molecule has 3 aromatic rings. The first-order valence-corrected chi connectivity index (χ1v) is 6.80. The van der Waals surface area contributed by atoms with Crippen molar-refractivity contribution in [3.63, 3.8) is 0 Å². The van der Waals surface area contributed by atoms with Gasteiger partial charge in [-0.2, -0.15) is 0 Å². The lowest BCUT2D eigenvalue weighted by Gasteiger charge is -2.11. The highest BCUT2D eigenvalue weighted by atomic mass is 79.9.